The van der Waals surface area contributed by atoms with Gasteiger partial charge in [0.05, 0.1) is 6.54 Å². The van der Waals surface area contributed by atoms with Gasteiger partial charge in [-0.1, -0.05) is 0 Å². The number of sulfonamides is 1. The number of aromatic nitrogens is 1. The minimum Gasteiger partial charge on any atom is -0.355 e. The van der Waals surface area contributed by atoms with Gasteiger partial charge in [-0.3, -0.25) is 9.98 Å². The van der Waals surface area contributed by atoms with Crippen LogP contribution in [0, 0.1) is 0 Å². The number of rotatable bonds is 5. The molecule has 0 fully saturated rings. The highest BCUT2D eigenvalue weighted by molar-refractivity contribution is 14.0. The second-order valence-corrected chi connectivity index (χ2v) is 5.91. The standard InChI is InChI=1S/C11H17N5O2S.HI/c1-16-8-7-14-11(16)13-5-6-15-19(17,18)10-3-2-4-12-9-10;/h2-4,9,15H,5-8H2,1H3,(H,13,14);1H. The minimum absolute atomic E-state index is 0. The number of halogens is 1. The highest BCUT2D eigenvalue weighted by atomic mass is 127. The Bertz CT molecular complexity index is 549. The van der Waals surface area contributed by atoms with Crippen LogP contribution in [0.15, 0.2) is 34.4 Å². The zero-order valence-electron chi connectivity index (χ0n) is 11.1. The summed E-state index contributed by atoms with van der Waals surface area (Å²) in [6, 6.07) is 3.10. The molecule has 0 aliphatic carbocycles. The molecule has 0 spiro atoms. The molecule has 20 heavy (non-hydrogen) atoms. The van der Waals surface area contributed by atoms with Gasteiger partial charge >= 0.3 is 0 Å². The van der Waals surface area contributed by atoms with E-state index in [1.807, 2.05) is 11.9 Å². The number of hydrogen-bond donors (Lipinski definition) is 2. The molecule has 0 unspecified atom stereocenters. The highest BCUT2D eigenvalue weighted by Gasteiger charge is 2.14. The van der Waals surface area contributed by atoms with E-state index in [1.54, 1.807) is 6.07 Å². The van der Waals surface area contributed by atoms with Gasteiger partial charge in [0, 0.05) is 39.1 Å². The normalized spacial score (nSPS) is 14.7. The van der Waals surface area contributed by atoms with Gasteiger partial charge in [0.2, 0.25) is 10.0 Å². The van der Waals surface area contributed by atoms with Crippen molar-refractivity contribution in [1.82, 2.24) is 19.9 Å². The summed E-state index contributed by atoms with van der Waals surface area (Å²) in [5.74, 6) is 0.806. The van der Waals surface area contributed by atoms with Gasteiger partial charge < -0.3 is 10.2 Å². The van der Waals surface area contributed by atoms with Crippen molar-refractivity contribution in [2.24, 2.45) is 4.99 Å². The van der Waals surface area contributed by atoms with Crippen LogP contribution in [0.1, 0.15) is 0 Å². The predicted molar refractivity (Wildman–Crippen MR) is 87.8 cm³/mol. The lowest BCUT2D eigenvalue weighted by atomic mass is 10.5. The fraction of sp³-hybridized carbons (Fsp3) is 0.455. The lowest BCUT2D eigenvalue weighted by Crippen LogP contribution is -2.40. The predicted octanol–water partition coefficient (Wildman–Crippen LogP) is -0.131. The largest absolute Gasteiger partial charge is 0.355 e. The second kappa shape index (κ2) is 7.74. The molecule has 7 nitrogen and oxygen atoms in total. The van der Waals surface area contributed by atoms with E-state index in [0.717, 1.165) is 19.0 Å². The van der Waals surface area contributed by atoms with E-state index in [1.165, 1.54) is 18.5 Å². The van der Waals surface area contributed by atoms with Crippen LogP contribution in [0.2, 0.25) is 0 Å². The van der Waals surface area contributed by atoms with Crippen molar-refractivity contribution in [2.45, 2.75) is 4.90 Å². The quantitative estimate of drug-likeness (QED) is 0.521. The van der Waals surface area contributed by atoms with Gasteiger partial charge in [0.1, 0.15) is 4.90 Å². The summed E-state index contributed by atoms with van der Waals surface area (Å²) < 4.78 is 26.3. The molecule has 2 rings (SSSR count). The molecular weight excluding hydrogens is 393 g/mol. The number of likely N-dealkylation sites (N-methyl/N-ethyl adjacent to an activating group) is 1. The number of hydrogen-bond acceptors (Lipinski definition) is 6. The zero-order valence-corrected chi connectivity index (χ0v) is 14.3. The smallest absolute Gasteiger partial charge is 0.242 e. The van der Waals surface area contributed by atoms with Gasteiger partial charge in [-0.25, -0.2) is 13.1 Å². The number of guanidine groups is 1. The van der Waals surface area contributed by atoms with E-state index in [0.29, 0.717) is 13.1 Å². The molecule has 2 heterocycles. The Labute approximate surface area is 135 Å². The third-order valence-corrected chi connectivity index (χ3v) is 4.15. The number of nitrogens with zero attached hydrogens (tertiary/aromatic N) is 3. The second-order valence-electron chi connectivity index (χ2n) is 4.14. The molecule has 0 radical (unpaired) electrons. The van der Waals surface area contributed by atoms with Crippen LogP contribution in [0.25, 0.3) is 0 Å². The summed E-state index contributed by atoms with van der Waals surface area (Å²) in [7, 11) is -1.53. The molecule has 0 atom stereocenters. The Balaban J connectivity index is 0.00000200. The van der Waals surface area contributed by atoms with Gasteiger partial charge in [-0.2, -0.15) is 0 Å². The lowest BCUT2D eigenvalue weighted by Gasteiger charge is -2.15. The SMILES string of the molecule is CN1CCN=C1NCCNS(=O)(=O)c1cccnc1.I. The lowest BCUT2D eigenvalue weighted by molar-refractivity contribution is 0.533. The average molecular weight is 411 g/mol. The Kier molecular flexibility index (Phi) is 6.62. The van der Waals surface area contributed by atoms with E-state index >= 15 is 0 Å². The number of pyridine rings is 1. The molecule has 9 heteroatoms. The minimum atomic E-state index is -3.48. The Hall–Kier alpha value is -0.940. The molecule has 1 aliphatic rings. The summed E-state index contributed by atoms with van der Waals surface area (Å²) in [5, 5.41) is 3.09. The van der Waals surface area contributed by atoms with Crippen LogP contribution in [0.4, 0.5) is 0 Å². The van der Waals surface area contributed by atoms with Crippen molar-refractivity contribution in [2.75, 3.05) is 33.2 Å². The van der Waals surface area contributed by atoms with Gasteiger partial charge in [0.25, 0.3) is 0 Å². The van der Waals surface area contributed by atoms with Crippen LogP contribution in [0.3, 0.4) is 0 Å². The third-order valence-electron chi connectivity index (χ3n) is 2.70. The molecular formula is C11H18IN5O2S. The zero-order chi connectivity index (χ0) is 13.7. The van der Waals surface area contributed by atoms with Gasteiger partial charge in [0.15, 0.2) is 5.96 Å². The fourth-order valence-electron chi connectivity index (χ4n) is 1.67. The van der Waals surface area contributed by atoms with Gasteiger partial charge in [-0.05, 0) is 12.1 Å². The molecule has 0 bridgehead atoms. The molecule has 2 N–H and O–H groups in total. The monoisotopic (exact) mass is 411 g/mol. The maximum Gasteiger partial charge on any atom is 0.242 e. The first-order chi connectivity index (χ1) is 9.09. The molecule has 112 valence electrons. The topological polar surface area (TPSA) is 86.7 Å². The van der Waals surface area contributed by atoms with Crippen molar-refractivity contribution < 1.29 is 8.42 Å². The maximum atomic E-state index is 11.9. The third kappa shape index (κ3) is 4.56. The van der Waals surface area contributed by atoms with Crippen molar-refractivity contribution in [1.29, 1.82) is 0 Å². The van der Waals surface area contributed by atoms with Crippen LogP contribution < -0.4 is 10.0 Å². The molecule has 0 saturated heterocycles. The van der Waals surface area contributed by atoms with Crippen LogP contribution in [-0.2, 0) is 10.0 Å². The fourth-order valence-corrected chi connectivity index (χ4v) is 2.67. The molecule has 0 saturated carbocycles. The van der Waals surface area contributed by atoms with Crippen LogP contribution in [0.5, 0.6) is 0 Å². The van der Waals surface area contributed by atoms with E-state index in [2.05, 4.69) is 20.0 Å². The van der Waals surface area contributed by atoms with Gasteiger partial charge in [-0.15, -0.1) is 24.0 Å². The first-order valence-electron chi connectivity index (χ1n) is 5.99. The van der Waals surface area contributed by atoms with Crippen LogP contribution in [-0.4, -0.2) is 57.5 Å². The first kappa shape index (κ1) is 17.1. The maximum absolute atomic E-state index is 11.9. The summed E-state index contributed by atoms with van der Waals surface area (Å²) in [6.45, 7) is 2.46. The summed E-state index contributed by atoms with van der Waals surface area (Å²) >= 11 is 0. The van der Waals surface area contributed by atoms with Crippen LogP contribution >= 0.6 is 24.0 Å². The Morgan fingerprint density at radius 1 is 1.40 bits per heavy atom. The molecule has 0 aromatic carbocycles. The molecule has 1 aromatic heterocycles. The average Bonchev–Trinajstić information content (AvgIpc) is 2.81. The molecule has 1 aliphatic heterocycles. The molecule has 0 amide bonds. The van der Waals surface area contributed by atoms with E-state index in [-0.39, 0.29) is 28.9 Å². The van der Waals surface area contributed by atoms with E-state index < -0.39 is 10.0 Å². The Morgan fingerprint density at radius 3 is 2.80 bits per heavy atom. The number of nitrogens with one attached hydrogen (secondary N) is 2. The van der Waals surface area contributed by atoms with E-state index in [4.69, 9.17) is 0 Å². The molecule has 1 aromatic rings. The summed E-state index contributed by atoms with van der Waals surface area (Å²) in [4.78, 5) is 10.2. The van der Waals surface area contributed by atoms with Crippen molar-refractivity contribution in [3.05, 3.63) is 24.5 Å². The van der Waals surface area contributed by atoms with Crippen molar-refractivity contribution in [3.63, 3.8) is 0 Å². The highest BCUT2D eigenvalue weighted by Crippen LogP contribution is 2.04. The van der Waals surface area contributed by atoms with Crippen molar-refractivity contribution in [3.8, 4) is 0 Å². The first-order valence-corrected chi connectivity index (χ1v) is 7.47. The summed E-state index contributed by atoms with van der Waals surface area (Å²) in [5.41, 5.74) is 0. The van der Waals surface area contributed by atoms with E-state index in [9.17, 15) is 8.42 Å². The number of aliphatic imine (C=N–C) groups is 1. The van der Waals surface area contributed by atoms with Crippen molar-refractivity contribution >= 4 is 40.0 Å². The summed E-state index contributed by atoms with van der Waals surface area (Å²) in [6.07, 6.45) is 2.86. The Morgan fingerprint density at radius 2 is 2.20 bits per heavy atom.